The molecule has 0 fully saturated rings. The number of aromatic nitrogens is 2. The minimum Gasteiger partial charge on any atom is -1.00 e. The van der Waals surface area contributed by atoms with Crippen molar-refractivity contribution in [3.63, 3.8) is 0 Å². The van der Waals surface area contributed by atoms with Crippen LogP contribution in [0.25, 0.3) is 22.4 Å². The van der Waals surface area contributed by atoms with Crippen LogP contribution < -0.4 is 12.4 Å². The number of rotatable bonds is 2. The van der Waals surface area contributed by atoms with Gasteiger partial charge in [-0.15, -0.1) is 0 Å². The van der Waals surface area contributed by atoms with Crippen LogP contribution in [0, 0.1) is 0 Å². The first-order valence-electron chi connectivity index (χ1n) is 5.52. The molecule has 0 saturated carbocycles. The molecule has 2 N–H and O–H groups in total. The molecular formula is C14H10ClN2O2-. The molecule has 0 atom stereocenters. The molecule has 2 aromatic carbocycles. The maximum atomic E-state index is 10.8. The molecule has 0 unspecified atom stereocenters. The van der Waals surface area contributed by atoms with E-state index < -0.39 is 5.97 Å². The molecule has 5 heteroatoms. The van der Waals surface area contributed by atoms with E-state index in [1.165, 1.54) is 0 Å². The number of hydrogen-bond donors (Lipinski definition) is 2. The highest BCUT2D eigenvalue weighted by Gasteiger charge is 2.06. The number of para-hydroxylation sites is 2. The van der Waals surface area contributed by atoms with Gasteiger partial charge < -0.3 is 22.5 Å². The number of carboxylic acid groups (broad SMARTS) is 1. The monoisotopic (exact) mass is 273 g/mol. The number of aromatic amines is 1. The smallest absolute Gasteiger partial charge is 0.335 e. The Bertz CT molecular complexity index is 687. The standard InChI is InChI=1S/C14H10N2O2.ClH/c17-14(18)10-7-5-9(6-8-10)13-15-11-3-1-2-4-12(11)16-13;/h1-8H,(H,15,16)(H,17,18);1H/p-1. The second kappa shape index (κ2) is 5.12. The topological polar surface area (TPSA) is 66.0 Å². The van der Waals surface area contributed by atoms with Crippen LogP contribution >= 0.6 is 0 Å². The second-order valence-electron chi connectivity index (χ2n) is 3.99. The number of halogens is 1. The fraction of sp³-hybridized carbons (Fsp3) is 0. The van der Waals surface area contributed by atoms with Gasteiger partial charge in [-0.05, 0) is 24.3 Å². The van der Waals surface area contributed by atoms with Gasteiger partial charge in [0.2, 0.25) is 0 Å². The molecule has 0 amide bonds. The van der Waals surface area contributed by atoms with Crippen LogP contribution in [-0.2, 0) is 0 Å². The van der Waals surface area contributed by atoms with Gasteiger partial charge in [0.05, 0.1) is 16.6 Å². The summed E-state index contributed by atoms with van der Waals surface area (Å²) in [5.41, 5.74) is 3.01. The predicted octanol–water partition coefficient (Wildman–Crippen LogP) is -0.0679. The summed E-state index contributed by atoms with van der Waals surface area (Å²) in [5, 5.41) is 8.84. The van der Waals surface area contributed by atoms with Gasteiger partial charge in [-0.3, -0.25) is 0 Å². The zero-order valence-electron chi connectivity index (χ0n) is 9.80. The number of imidazole rings is 1. The molecule has 0 aliphatic carbocycles. The maximum absolute atomic E-state index is 10.8. The first-order valence-corrected chi connectivity index (χ1v) is 5.52. The minimum absolute atomic E-state index is 0. The molecule has 0 aliphatic rings. The van der Waals surface area contributed by atoms with Crippen molar-refractivity contribution in [3.8, 4) is 11.4 Å². The first kappa shape index (κ1) is 13.1. The molecule has 19 heavy (non-hydrogen) atoms. The highest BCUT2D eigenvalue weighted by atomic mass is 35.5. The van der Waals surface area contributed by atoms with Crippen molar-refractivity contribution in [2.24, 2.45) is 0 Å². The van der Waals surface area contributed by atoms with E-state index in [-0.39, 0.29) is 18.0 Å². The van der Waals surface area contributed by atoms with E-state index >= 15 is 0 Å². The van der Waals surface area contributed by atoms with Gasteiger partial charge in [0, 0.05) is 5.56 Å². The van der Waals surface area contributed by atoms with Crippen LogP contribution in [0.5, 0.6) is 0 Å². The third-order valence-electron chi connectivity index (χ3n) is 2.79. The van der Waals surface area contributed by atoms with Gasteiger partial charge in [0.1, 0.15) is 5.82 Å². The molecule has 1 heterocycles. The molecule has 0 radical (unpaired) electrons. The lowest BCUT2D eigenvalue weighted by atomic mass is 10.1. The van der Waals surface area contributed by atoms with Gasteiger partial charge in [-0.1, -0.05) is 24.3 Å². The number of fused-ring (bicyclic) bond motifs is 1. The summed E-state index contributed by atoms with van der Waals surface area (Å²) in [6.07, 6.45) is 0. The van der Waals surface area contributed by atoms with E-state index in [1.807, 2.05) is 24.3 Å². The van der Waals surface area contributed by atoms with Crippen LogP contribution in [0.2, 0.25) is 0 Å². The zero-order chi connectivity index (χ0) is 12.5. The molecular weight excluding hydrogens is 264 g/mol. The SMILES string of the molecule is O=C(O)c1ccc(-c2nc3ccccc3[nH]2)cc1.[Cl-]. The summed E-state index contributed by atoms with van der Waals surface area (Å²) in [4.78, 5) is 18.4. The number of H-pyrrole nitrogens is 1. The van der Waals surface area contributed by atoms with Gasteiger partial charge in [0.25, 0.3) is 0 Å². The third kappa shape index (κ3) is 2.44. The van der Waals surface area contributed by atoms with Crippen molar-refractivity contribution in [2.45, 2.75) is 0 Å². The number of carboxylic acids is 1. The van der Waals surface area contributed by atoms with Crippen LogP contribution in [0.15, 0.2) is 48.5 Å². The average Bonchev–Trinajstić information content (AvgIpc) is 2.82. The molecule has 0 bridgehead atoms. The molecule has 4 nitrogen and oxygen atoms in total. The predicted molar refractivity (Wildman–Crippen MR) is 68.5 cm³/mol. The van der Waals surface area contributed by atoms with Crippen LogP contribution in [0.4, 0.5) is 0 Å². The van der Waals surface area contributed by atoms with E-state index in [1.54, 1.807) is 24.3 Å². The molecule has 0 spiro atoms. The van der Waals surface area contributed by atoms with Crippen LogP contribution in [0.1, 0.15) is 10.4 Å². The molecule has 0 saturated heterocycles. The van der Waals surface area contributed by atoms with Crippen LogP contribution in [-0.4, -0.2) is 21.0 Å². The van der Waals surface area contributed by atoms with Crippen molar-refractivity contribution >= 4 is 17.0 Å². The van der Waals surface area contributed by atoms with Gasteiger partial charge in [-0.2, -0.15) is 0 Å². The molecule has 96 valence electrons. The first-order chi connectivity index (χ1) is 8.74. The van der Waals surface area contributed by atoms with E-state index in [0.717, 1.165) is 22.4 Å². The Balaban J connectivity index is 0.00000133. The minimum atomic E-state index is -0.925. The number of nitrogens with zero attached hydrogens (tertiary/aromatic N) is 1. The lowest BCUT2D eigenvalue weighted by Crippen LogP contribution is -3.00. The summed E-state index contributed by atoms with van der Waals surface area (Å²) in [6, 6.07) is 14.4. The second-order valence-corrected chi connectivity index (χ2v) is 3.99. The Kier molecular flexibility index (Phi) is 3.53. The number of hydrogen-bond acceptors (Lipinski definition) is 2. The van der Waals surface area contributed by atoms with Crippen molar-refractivity contribution in [3.05, 3.63) is 54.1 Å². The summed E-state index contributed by atoms with van der Waals surface area (Å²) in [5.74, 6) is -0.181. The molecule has 1 aromatic heterocycles. The maximum Gasteiger partial charge on any atom is 0.335 e. The van der Waals surface area contributed by atoms with E-state index in [9.17, 15) is 4.79 Å². The fourth-order valence-corrected chi connectivity index (χ4v) is 1.86. The highest BCUT2D eigenvalue weighted by Crippen LogP contribution is 2.20. The Hall–Kier alpha value is -2.33. The average molecular weight is 274 g/mol. The lowest BCUT2D eigenvalue weighted by Gasteiger charge is -1.97. The van der Waals surface area contributed by atoms with Gasteiger partial charge in [0.15, 0.2) is 0 Å². The molecule has 3 rings (SSSR count). The number of aromatic carboxylic acids is 1. The van der Waals surface area contributed by atoms with Crippen molar-refractivity contribution in [1.82, 2.24) is 9.97 Å². The number of benzene rings is 2. The third-order valence-corrected chi connectivity index (χ3v) is 2.79. The summed E-state index contributed by atoms with van der Waals surface area (Å²) in [7, 11) is 0. The van der Waals surface area contributed by atoms with Crippen molar-refractivity contribution < 1.29 is 22.3 Å². The Morgan fingerprint density at radius 1 is 1.05 bits per heavy atom. The van der Waals surface area contributed by atoms with Gasteiger partial charge in [-0.25, -0.2) is 9.78 Å². The van der Waals surface area contributed by atoms with Gasteiger partial charge >= 0.3 is 5.97 Å². The van der Waals surface area contributed by atoms with E-state index in [2.05, 4.69) is 9.97 Å². The number of nitrogens with one attached hydrogen (secondary N) is 1. The normalized spacial score (nSPS) is 10.1. The van der Waals surface area contributed by atoms with Crippen LogP contribution in [0.3, 0.4) is 0 Å². The lowest BCUT2D eigenvalue weighted by molar-refractivity contribution is -0.0000192. The Morgan fingerprint density at radius 2 is 1.74 bits per heavy atom. The highest BCUT2D eigenvalue weighted by molar-refractivity contribution is 5.88. The Labute approximate surface area is 115 Å². The fourth-order valence-electron chi connectivity index (χ4n) is 1.86. The Morgan fingerprint density at radius 3 is 2.37 bits per heavy atom. The largest absolute Gasteiger partial charge is 1.00 e. The number of carbonyl (C=O) groups is 1. The van der Waals surface area contributed by atoms with Crippen molar-refractivity contribution in [2.75, 3.05) is 0 Å². The summed E-state index contributed by atoms with van der Waals surface area (Å²) >= 11 is 0. The molecule has 3 aromatic rings. The summed E-state index contributed by atoms with van der Waals surface area (Å²) in [6.45, 7) is 0. The zero-order valence-corrected chi connectivity index (χ0v) is 10.6. The quantitative estimate of drug-likeness (QED) is 0.687. The molecule has 0 aliphatic heterocycles. The van der Waals surface area contributed by atoms with E-state index in [4.69, 9.17) is 5.11 Å². The van der Waals surface area contributed by atoms with Crippen molar-refractivity contribution in [1.29, 1.82) is 0 Å². The summed E-state index contributed by atoms with van der Waals surface area (Å²) < 4.78 is 0. The van der Waals surface area contributed by atoms with E-state index in [0.29, 0.717) is 0 Å².